The molecule has 0 aromatic carbocycles. The molecule has 4 nitrogen and oxygen atoms in total. The summed E-state index contributed by atoms with van der Waals surface area (Å²) in [4.78, 5) is 2.54. The highest BCUT2D eigenvalue weighted by molar-refractivity contribution is 5.11. The van der Waals surface area contributed by atoms with E-state index in [-0.39, 0.29) is 0 Å². The van der Waals surface area contributed by atoms with Crippen LogP contribution < -0.4 is 5.73 Å². The fourth-order valence-corrected chi connectivity index (χ4v) is 2.40. The standard InChI is InChI=1S/C13H24N4/c1-3-6-17(9-11-4-5-11)13(7-14)12-8-15-16(2)10-12/h8,10-11,13H,3-7,9,14H2,1-2H3. The first-order valence-corrected chi connectivity index (χ1v) is 6.67. The lowest BCUT2D eigenvalue weighted by molar-refractivity contribution is 0.193. The third kappa shape index (κ3) is 3.30. The largest absolute Gasteiger partial charge is 0.329 e. The monoisotopic (exact) mass is 236 g/mol. The van der Waals surface area contributed by atoms with Crippen molar-refractivity contribution in [1.29, 1.82) is 0 Å². The van der Waals surface area contributed by atoms with Crippen LogP contribution in [0.5, 0.6) is 0 Å². The van der Waals surface area contributed by atoms with Gasteiger partial charge in [0.1, 0.15) is 0 Å². The molecule has 1 aromatic rings. The minimum Gasteiger partial charge on any atom is -0.329 e. The summed E-state index contributed by atoms with van der Waals surface area (Å²) in [6.45, 7) is 5.24. The van der Waals surface area contributed by atoms with Crippen molar-refractivity contribution in [3.05, 3.63) is 18.0 Å². The van der Waals surface area contributed by atoms with E-state index in [9.17, 15) is 0 Å². The van der Waals surface area contributed by atoms with Gasteiger partial charge in [0.05, 0.1) is 12.2 Å². The predicted octanol–water partition coefficient (Wildman–Crippen LogP) is 1.54. The summed E-state index contributed by atoms with van der Waals surface area (Å²) in [6, 6.07) is 0.337. The lowest BCUT2D eigenvalue weighted by Gasteiger charge is -2.30. The van der Waals surface area contributed by atoms with Crippen molar-refractivity contribution in [3.63, 3.8) is 0 Å². The van der Waals surface area contributed by atoms with E-state index in [1.54, 1.807) is 0 Å². The van der Waals surface area contributed by atoms with Crippen molar-refractivity contribution in [2.75, 3.05) is 19.6 Å². The molecule has 0 spiro atoms. The van der Waals surface area contributed by atoms with Gasteiger partial charge in [-0.25, -0.2) is 0 Å². The fraction of sp³-hybridized carbons (Fsp3) is 0.769. The Morgan fingerprint density at radius 1 is 1.59 bits per heavy atom. The van der Waals surface area contributed by atoms with Crippen LogP contribution in [-0.2, 0) is 7.05 Å². The molecule has 1 unspecified atom stereocenters. The highest BCUT2D eigenvalue weighted by Gasteiger charge is 2.28. The van der Waals surface area contributed by atoms with Gasteiger partial charge in [-0.15, -0.1) is 0 Å². The van der Waals surface area contributed by atoms with Gasteiger partial charge >= 0.3 is 0 Å². The van der Waals surface area contributed by atoms with E-state index >= 15 is 0 Å². The smallest absolute Gasteiger partial charge is 0.0538 e. The van der Waals surface area contributed by atoms with E-state index in [1.807, 2.05) is 17.9 Å². The average Bonchev–Trinajstić information content (AvgIpc) is 3.02. The van der Waals surface area contributed by atoms with Crippen molar-refractivity contribution < 1.29 is 0 Å². The molecule has 2 rings (SSSR count). The van der Waals surface area contributed by atoms with E-state index in [2.05, 4.69) is 23.1 Å². The van der Waals surface area contributed by atoms with Crippen LogP contribution in [0.3, 0.4) is 0 Å². The Hall–Kier alpha value is -0.870. The molecule has 1 aliphatic carbocycles. The predicted molar refractivity (Wildman–Crippen MR) is 69.6 cm³/mol. The molecule has 1 fully saturated rings. The summed E-state index contributed by atoms with van der Waals surface area (Å²) in [7, 11) is 1.96. The quantitative estimate of drug-likeness (QED) is 0.781. The van der Waals surface area contributed by atoms with Gasteiger partial charge in [-0.2, -0.15) is 5.10 Å². The fourth-order valence-electron chi connectivity index (χ4n) is 2.40. The van der Waals surface area contributed by atoms with Gasteiger partial charge in [0.25, 0.3) is 0 Å². The van der Waals surface area contributed by atoms with Crippen LogP contribution in [0.2, 0.25) is 0 Å². The van der Waals surface area contributed by atoms with Crippen molar-refractivity contribution >= 4 is 0 Å². The maximum Gasteiger partial charge on any atom is 0.0538 e. The number of aryl methyl sites for hydroxylation is 1. The van der Waals surface area contributed by atoms with Gasteiger partial charge < -0.3 is 5.73 Å². The van der Waals surface area contributed by atoms with E-state index in [1.165, 1.54) is 31.4 Å². The van der Waals surface area contributed by atoms with Crippen LogP contribution in [0, 0.1) is 5.92 Å². The zero-order valence-corrected chi connectivity index (χ0v) is 11.0. The van der Waals surface area contributed by atoms with Crippen LogP contribution >= 0.6 is 0 Å². The van der Waals surface area contributed by atoms with Gasteiger partial charge in [-0.05, 0) is 31.7 Å². The summed E-state index contributed by atoms with van der Waals surface area (Å²) < 4.78 is 1.86. The minimum atomic E-state index is 0.337. The second kappa shape index (κ2) is 5.65. The molecule has 0 radical (unpaired) electrons. The molecular weight excluding hydrogens is 212 g/mol. The Labute approximate surface area is 104 Å². The molecule has 0 amide bonds. The second-order valence-corrected chi connectivity index (χ2v) is 5.14. The molecule has 0 bridgehead atoms. The summed E-state index contributed by atoms with van der Waals surface area (Å²) in [5.41, 5.74) is 7.22. The van der Waals surface area contributed by atoms with E-state index < -0.39 is 0 Å². The highest BCUT2D eigenvalue weighted by atomic mass is 15.3. The molecule has 1 atom stereocenters. The first-order chi connectivity index (χ1) is 8.24. The number of nitrogens with zero attached hydrogens (tertiary/aromatic N) is 3. The van der Waals surface area contributed by atoms with E-state index in [4.69, 9.17) is 5.73 Å². The summed E-state index contributed by atoms with van der Waals surface area (Å²) >= 11 is 0. The number of hydrogen-bond acceptors (Lipinski definition) is 3. The van der Waals surface area contributed by atoms with Crippen LogP contribution in [0.4, 0.5) is 0 Å². The molecule has 4 heteroatoms. The Morgan fingerprint density at radius 3 is 2.82 bits per heavy atom. The first kappa shape index (κ1) is 12.6. The van der Waals surface area contributed by atoms with Gasteiger partial charge in [-0.3, -0.25) is 9.58 Å². The zero-order chi connectivity index (χ0) is 12.3. The molecular formula is C13H24N4. The topological polar surface area (TPSA) is 47.1 Å². The Balaban J connectivity index is 2.06. The first-order valence-electron chi connectivity index (χ1n) is 6.67. The van der Waals surface area contributed by atoms with E-state index in [0.717, 1.165) is 12.5 Å². The van der Waals surface area contributed by atoms with Crippen LogP contribution in [-0.4, -0.2) is 34.3 Å². The summed E-state index contributed by atoms with van der Waals surface area (Å²) in [5.74, 6) is 0.910. The third-order valence-electron chi connectivity index (χ3n) is 3.47. The van der Waals surface area contributed by atoms with Crippen LogP contribution in [0.1, 0.15) is 37.8 Å². The van der Waals surface area contributed by atoms with Crippen molar-refractivity contribution in [2.45, 2.75) is 32.2 Å². The Morgan fingerprint density at radius 2 is 2.35 bits per heavy atom. The lowest BCUT2D eigenvalue weighted by atomic mass is 10.1. The molecule has 17 heavy (non-hydrogen) atoms. The maximum atomic E-state index is 5.96. The third-order valence-corrected chi connectivity index (χ3v) is 3.47. The molecule has 2 N–H and O–H groups in total. The zero-order valence-electron chi connectivity index (χ0n) is 11.0. The highest BCUT2D eigenvalue weighted by Crippen LogP contribution is 2.32. The van der Waals surface area contributed by atoms with Crippen molar-refractivity contribution in [2.24, 2.45) is 18.7 Å². The summed E-state index contributed by atoms with van der Waals surface area (Å²) in [5, 5.41) is 4.26. The minimum absolute atomic E-state index is 0.337. The molecule has 1 aromatic heterocycles. The molecule has 0 saturated heterocycles. The van der Waals surface area contributed by atoms with Gasteiger partial charge in [0, 0.05) is 31.9 Å². The molecule has 1 aliphatic rings. The van der Waals surface area contributed by atoms with Gasteiger partial charge in [0.2, 0.25) is 0 Å². The Kier molecular flexibility index (Phi) is 4.18. The van der Waals surface area contributed by atoms with Crippen LogP contribution in [0.25, 0.3) is 0 Å². The van der Waals surface area contributed by atoms with Gasteiger partial charge in [-0.1, -0.05) is 6.92 Å². The van der Waals surface area contributed by atoms with Crippen molar-refractivity contribution in [3.8, 4) is 0 Å². The molecule has 1 heterocycles. The molecule has 1 saturated carbocycles. The number of nitrogens with two attached hydrogens (primary N) is 1. The lowest BCUT2D eigenvalue weighted by Crippen LogP contribution is -2.35. The number of rotatable bonds is 7. The SMILES string of the molecule is CCCN(CC1CC1)C(CN)c1cnn(C)c1. The van der Waals surface area contributed by atoms with Gasteiger partial charge in [0.15, 0.2) is 0 Å². The number of aromatic nitrogens is 2. The molecule has 96 valence electrons. The second-order valence-electron chi connectivity index (χ2n) is 5.14. The summed E-state index contributed by atoms with van der Waals surface area (Å²) in [6.07, 6.45) is 8.01. The number of hydrogen-bond donors (Lipinski definition) is 1. The normalized spacial score (nSPS) is 17.6. The Bertz CT molecular complexity index is 343. The molecule has 0 aliphatic heterocycles. The van der Waals surface area contributed by atoms with E-state index in [0.29, 0.717) is 12.6 Å². The van der Waals surface area contributed by atoms with Crippen LogP contribution in [0.15, 0.2) is 12.4 Å². The maximum absolute atomic E-state index is 5.96. The van der Waals surface area contributed by atoms with Crippen molar-refractivity contribution in [1.82, 2.24) is 14.7 Å². The average molecular weight is 236 g/mol.